The second-order valence-electron chi connectivity index (χ2n) is 4.62. The summed E-state index contributed by atoms with van der Waals surface area (Å²) in [6.07, 6.45) is 1.69. The van der Waals surface area contributed by atoms with E-state index >= 15 is 0 Å². The van der Waals surface area contributed by atoms with Gasteiger partial charge in [-0.3, -0.25) is 4.90 Å². The summed E-state index contributed by atoms with van der Waals surface area (Å²) in [5.41, 5.74) is 0.895. The first kappa shape index (κ1) is 16.0. The van der Waals surface area contributed by atoms with Crippen molar-refractivity contribution in [1.29, 1.82) is 0 Å². The Hall–Kier alpha value is -1.40. The molecule has 2 aromatic rings. The van der Waals surface area contributed by atoms with Crippen molar-refractivity contribution in [3.63, 3.8) is 0 Å². The Morgan fingerprint density at radius 1 is 1.38 bits per heavy atom. The number of ether oxygens (including phenoxy) is 1. The van der Waals surface area contributed by atoms with Gasteiger partial charge in [0.25, 0.3) is 0 Å². The van der Waals surface area contributed by atoms with Gasteiger partial charge in [0.15, 0.2) is 5.76 Å². The van der Waals surface area contributed by atoms with E-state index in [4.69, 9.17) is 25.9 Å². The third-order valence-corrected chi connectivity index (χ3v) is 3.28. The van der Waals surface area contributed by atoms with E-state index in [0.29, 0.717) is 42.9 Å². The first-order valence-electron chi connectivity index (χ1n) is 6.75. The number of hydrogen-bond acceptors (Lipinski definition) is 5. The normalized spacial score (nSPS) is 11.2. The maximum atomic E-state index is 9.08. The highest BCUT2D eigenvalue weighted by Crippen LogP contribution is 2.23. The molecular weight excluding hydrogens is 292 g/mol. The molecule has 114 valence electrons. The summed E-state index contributed by atoms with van der Waals surface area (Å²) in [6.45, 7) is 2.49. The predicted molar refractivity (Wildman–Crippen MR) is 81.2 cm³/mol. The topological polar surface area (TPSA) is 58.7 Å². The molecule has 1 N–H and O–H groups in total. The van der Waals surface area contributed by atoms with Crippen molar-refractivity contribution >= 4 is 11.6 Å². The van der Waals surface area contributed by atoms with Crippen LogP contribution >= 0.6 is 11.6 Å². The van der Waals surface area contributed by atoms with E-state index < -0.39 is 0 Å². The van der Waals surface area contributed by atoms with Crippen LogP contribution in [-0.2, 0) is 11.3 Å². The third kappa shape index (κ3) is 4.82. The lowest BCUT2D eigenvalue weighted by Crippen LogP contribution is -2.29. The van der Waals surface area contributed by atoms with Gasteiger partial charge < -0.3 is 14.3 Å². The van der Waals surface area contributed by atoms with Gasteiger partial charge in [-0.25, -0.2) is 4.98 Å². The van der Waals surface area contributed by atoms with Gasteiger partial charge in [-0.1, -0.05) is 23.7 Å². The molecule has 0 radical (unpaired) electrons. The van der Waals surface area contributed by atoms with Crippen LogP contribution in [0.4, 0.5) is 0 Å². The molecule has 1 heterocycles. The second-order valence-corrected chi connectivity index (χ2v) is 5.06. The molecule has 0 aliphatic carbocycles. The highest BCUT2D eigenvalue weighted by molar-refractivity contribution is 6.30. The average molecular weight is 311 g/mol. The molecule has 0 bridgehead atoms. The van der Waals surface area contributed by atoms with Crippen LogP contribution in [0.5, 0.6) is 0 Å². The number of benzene rings is 1. The fraction of sp³-hybridized carbons (Fsp3) is 0.400. The number of aliphatic hydroxyl groups excluding tert-OH is 1. The van der Waals surface area contributed by atoms with Gasteiger partial charge in [0, 0.05) is 30.8 Å². The molecular formula is C15H19ClN2O3. The number of halogens is 1. The fourth-order valence-corrected chi connectivity index (χ4v) is 2.17. The molecule has 2 rings (SSSR count). The van der Waals surface area contributed by atoms with Gasteiger partial charge in [0.2, 0.25) is 5.89 Å². The van der Waals surface area contributed by atoms with Gasteiger partial charge >= 0.3 is 0 Å². The third-order valence-electron chi connectivity index (χ3n) is 3.05. The lowest BCUT2D eigenvalue weighted by Gasteiger charge is -2.18. The zero-order valence-electron chi connectivity index (χ0n) is 12.0. The van der Waals surface area contributed by atoms with E-state index in [-0.39, 0.29) is 6.61 Å². The maximum Gasteiger partial charge on any atom is 0.209 e. The highest BCUT2D eigenvalue weighted by atomic mass is 35.5. The Labute approximate surface area is 129 Å². The van der Waals surface area contributed by atoms with E-state index in [2.05, 4.69) is 4.98 Å². The molecule has 6 heteroatoms. The standard InChI is InChI=1S/C15H19ClN2O3/c1-20-8-6-18(5-7-19)11-15-17-10-14(21-15)12-3-2-4-13(16)9-12/h2-4,9-10,19H,5-8,11H2,1H3. The van der Waals surface area contributed by atoms with Crippen LogP contribution in [0.15, 0.2) is 34.9 Å². The van der Waals surface area contributed by atoms with Gasteiger partial charge in [-0.15, -0.1) is 0 Å². The van der Waals surface area contributed by atoms with Crippen LogP contribution in [0.2, 0.25) is 5.02 Å². The number of nitrogens with zero attached hydrogens (tertiary/aromatic N) is 2. The van der Waals surface area contributed by atoms with Crippen LogP contribution < -0.4 is 0 Å². The molecule has 1 aromatic carbocycles. The summed E-state index contributed by atoms with van der Waals surface area (Å²) in [6, 6.07) is 7.45. The van der Waals surface area contributed by atoms with Crippen LogP contribution in [0.1, 0.15) is 5.89 Å². The van der Waals surface area contributed by atoms with Crippen LogP contribution in [0, 0.1) is 0 Å². The van der Waals surface area contributed by atoms with Gasteiger partial charge in [-0.2, -0.15) is 0 Å². The lowest BCUT2D eigenvalue weighted by molar-refractivity contribution is 0.121. The first-order chi connectivity index (χ1) is 10.2. The lowest BCUT2D eigenvalue weighted by atomic mass is 10.2. The summed E-state index contributed by atoms with van der Waals surface area (Å²) < 4.78 is 10.8. The largest absolute Gasteiger partial charge is 0.439 e. The molecule has 0 aliphatic rings. The SMILES string of the molecule is COCCN(CCO)Cc1ncc(-c2cccc(Cl)c2)o1. The minimum atomic E-state index is 0.0889. The Morgan fingerprint density at radius 2 is 2.24 bits per heavy atom. The number of hydrogen-bond donors (Lipinski definition) is 1. The van der Waals surface area contributed by atoms with Gasteiger partial charge in [0.05, 0.1) is 26.0 Å². The predicted octanol–water partition coefficient (Wildman–Crippen LogP) is 2.44. The van der Waals surface area contributed by atoms with Crippen LogP contribution in [0.25, 0.3) is 11.3 Å². The highest BCUT2D eigenvalue weighted by Gasteiger charge is 2.11. The van der Waals surface area contributed by atoms with Gasteiger partial charge in [0.1, 0.15) is 0 Å². The Morgan fingerprint density at radius 3 is 2.95 bits per heavy atom. The van der Waals surface area contributed by atoms with E-state index in [0.717, 1.165) is 5.56 Å². The van der Waals surface area contributed by atoms with Crippen molar-refractivity contribution in [2.24, 2.45) is 0 Å². The fourth-order valence-electron chi connectivity index (χ4n) is 1.98. The molecule has 0 amide bonds. The number of aliphatic hydroxyl groups is 1. The van der Waals surface area contributed by atoms with Crippen molar-refractivity contribution in [2.75, 3.05) is 33.4 Å². The van der Waals surface area contributed by atoms with E-state index in [1.54, 1.807) is 13.3 Å². The first-order valence-corrected chi connectivity index (χ1v) is 7.13. The number of oxazole rings is 1. The molecule has 1 aromatic heterocycles. The molecule has 0 spiro atoms. The summed E-state index contributed by atoms with van der Waals surface area (Å²) in [7, 11) is 1.65. The average Bonchev–Trinajstić information content (AvgIpc) is 2.93. The second kappa shape index (κ2) is 8.14. The van der Waals surface area contributed by atoms with Crippen molar-refractivity contribution in [3.8, 4) is 11.3 Å². The molecule has 21 heavy (non-hydrogen) atoms. The summed E-state index contributed by atoms with van der Waals surface area (Å²) in [5.74, 6) is 1.29. The number of rotatable bonds is 8. The quantitative estimate of drug-likeness (QED) is 0.811. The van der Waals surface area contributed by atoms with Crippen molar-refractivity contribution in [2.45, 2.75) is 6.54 Å². The molecule has 0 saturated carbocycles. The Balaban J connectivity index is 2.04. The smallest absolute Gasteiger partial charge is 0.209 e. The molecule has 0 fully saturated rings. The molecule has 0 aliphatic heterocycles. The van der Waals surface area contributed by atoms with Crippen LogP contribution in [-0.4, -0.2) is 48.4 Å². The summed E-state index contributed by atoms with van der Waals surface area (Å²) >= 11 is 5.97. The van der Waals surface area contributed by atoms with E-state index in [1.165, 1.54) is 0 Å². The molecule has 0 unspecified atom stereocenters. The molecule has 5 nitrogen and oxygen atoms in total. The zero-order valence-corrected chi connectivity index (χ0v) is 12.7. The minimum Gasteiger partial charge on any atom is -0.439 e. The van der Waals surface area contributed by atoms with Crippen molar-refractivity contribution < 1.29 is 14.3 Å². The monoisotopic (exact) mass is 310 g/mol. The molecule has 0 atom stereocenters. The van der Waals surface area contributed by atoms with Gasteiger partial charge in [-0.05, 0) is 12.1 Å². The number of aromatic nitrogens is 1. The maximum absolute atomic E-state index is 9.08. The zero-order chi connectivity index (χ0) is 15.1. The Bertz CT molecular complexity index is 559. The van der Waals surface area contributed by atoms with Crippen molar-refractivity contribution in [3.05, 3.63) is 41.4 Å². The number of methoxy groups -OCH3 is 1. The minimum absolute atomic E-state index is 0.0889. The van der Waals surface area contributed by atoms with E-state index in [1.807, 2.05) is 29.2 Å². The summed E-state index contributed by atoms with van der Waals surface area (Å²) in [5, 5.41) is 9.74. The Kier molecular flexibility index (Phi) is 6.20. The van der Waals surface area contributed by atoms with Crippen molar-refractivity contribution in [1.82, 2.24) is 9.88 Å². The summed E-state index contributed by atoms with van der Waals surface area (Å²) in [4.78, 5) is 6.30. The molecule has 0 saturated heterocycles. The van der Waals surface area contributed by atoms with E-state index in [9.17, 15) is 0 Å². The van der Waals surface area contributed by atoms with Crippen LogP contribution in [0.3, 0.4) is 0 Å².